The fourth-order valence-electron chi connectivity index (χ4n) is 1.03. The van der Waals surface area contributed by atoms with Gasteiger partial charge in [0.25, 0.3) is 0 Å². The monoisotopic (exact) mass is 188 g/mol. The maximum atomic E-state index is 11.2. The van der Waals surface area contributed by atoms with E-state index in [4.69, 9.17) is 5.11 Å². The minimum absolute atomic E-state index is 0.0191. The zero-order valence-electron chi connectivity index (χ0n) is 8.63. The maximum Gasteiger partial charge on any atom is 0.221 e. The third-order valence-corrected chi connectivity index (χ3v) is 1.64. The molecule has 0 fully saturated rings. The summed E-state index contributed by atoms with van der Waals surface area (Å²) in [5.74, 6) is -0.0191. The molecule has 0 aliphatic heterocycles. The van der Waals surface area contributed by atoms with Crippen LogP contribution in [0, 0.1) is 0 Å². The third-order valence-electron chi connectivity index (χ3n) is 1.64. The molecule has 4 nitrogen and oxygen atoms in total. The van der Waals surface area contributed by atoms with Gasteiger partial charge in [-0.15, -0.1) is 0 Å². The molecule has 0 aromatic carbocycles. The molecule has 2 atom stereocenters. The number of rotatable bonds is 6. The van der Waals surface area contributed by atoms with Crippen LogP contribution < -0.4 is 10.6 Å². The van der Waals surface area contributed by atoms with Crippen molar-refractivity contribution in [2.45, 2.75) is 39.3 Å². The zero-order valence-corrected chi connectivity index (χ0v) is 8.63. The first kappa shape index (κ1) is 12.4. The molecule has 0 radical (unpaired) electrons. The second-order valence-corrected chi connectivity index (χ2v) is 3.32. The fraction of sp³-hybridized carbons (Fsp3) is 0.889. The highest BCUT2D eigenvalue weighted by Crippen LogP contribution is 1.89. The van der Waals surface area contributed by atoms with Crippen LogP contribution in [0.2, 0.25) is 0 Å². The van der Waals surface area contributed by atoms with Crippen LogP contribution in [0.4, 0.5) is 0 Å². The Labute approximate surface area is 79.7 Å². The highest BCUT2D eigenvalue weighted by Gasteiger charge is 2.07. The van der Waals surface area contributed by atoms with Crippen LogP contribution in [0.15, 0.2) is 0 Å². The van der Waals surface area contributed by atoms with Gasteiger partial charge in [-0.3, -0.25) is 4.79 Å². The smallest absolute Gasteiger partial charge is 0.221 e. The van der Waals surface area contributed by atoms with Crippen molar-refractivity contribution in [1.29, 1.82) is 0 Å². The van der Waals surface area contributed by atoms with E-state index in [-0.39, 0.29) is 11.9 Å². The molecule has 0 rings (SSSR count). The maximum absolute atomic E-state index is 11.2. The summed E-state index contributed by atoms with van der Waals surface area (Å²) in [6.45, 7) is 6.81. The van der Waals surface area contributed by atoms with Crippen molar-refractivity contribution < 1.29 is 9.90 Å². The van der Waals surface area contributed by atoms with Gasteiger partial charge >= 0.3 is 0 Å². The van der Waals surface area contributed by atoms with E-state index in [2.05, 4.69) is 10.6 Å². The van der Waals surface area contributed by atoms with Gasteiger partial charge in [0, 0.05) is 19.0 Å². The van der Waals surface area contributed by atoms with E-state index in [1.54, 1.807) is 6.92 Å². The average Bonchev–Trinajstić information content (AvgIpc) is 2.01. The summed E-state index contributed by atoms with van der Waals surface area (Å²) < 4.78 is 0. The Bertz CT molecular complexity index is 149. The van der Waals surface area contributed by atoms with Gasteiger partial charge in [-0.1, -0.05) is 6.92 Å². The Balaban J connectivity index is 3.50. The molecular formula is C9H20N2O2. The van der Waals surface area contributed by atoms with Gasteiger partial charge in [0.15, 0.2) is 0 Å². The topological polar surface area (TPSA) is 61.4 Å². The van der Waals surface area contributed by atoms with Gasteiger partial charge in [0.05, 0.1) is 6.10 Å². The molecule has 0 saturated carbocycles. The quantitative estimate of drug-likeness (QED) is 0.544. The lowest BCUT2D eigenvalue weighted by Gasteiger charge is -2.12. The van der Waals surface area contributed by atoms with Gasteiger partial charge in [-0.05, 0) is 20.4 Å². The van der Waals surface area contributed by atoms with Crippen LogP contribution in [-0.4, -0.2) is 36.2 Å². The number of amides is 1. The van der Waals surface area contributed by atoms with Crippen molar-refractivity contribution in [2.75, 3.05) is 13.1 Å². The van der Waals surface area contributed by atoms with Crippen molar-refractivity contribution >= 4 is 5.91 Å². The van der Waals surface area contributed by atoms with Crippen molar-refractivity contribution in [3.8, 4) is 0 Å². The minimum Gasteiger partial charge on any atom is -0.392 e. The number of hydrogen-bond donors (Lipinski definition) is 3. The number of aliphatic hydroxyl groups is 1. The molecule has 1 unspecified atom stereocenters. The molecule has 0 aromatic rings. The minimum atomic E-state index is -0.474. The Hall–Kier alpha value is -0.610. The fourth-order valence-corrected chi connectivity index (χ4v) is 1.03. The SMILES string of the molecule is CCNC(C)CC(=O)NC[C@H](C)O. The predicted octanol–water partition coefficient (Wildman–Crippen LogP) is -0.128. The van der Waals surface area contributed by atoms with Gasteiger partial charge in [0.2, 0.25) is 5.91 Å². The standard InChI is InChI=1S/C9H20N2O2/c1-4-10-7(2)5-9(13)11-6-8(3)12/h7-8,10,12H,4-6H2,1-3H3,(H,11,13)/t7?,8-/m0/s1. The summed E-state index contributed by atoms with van der Waals surface area (Å²) in [7, 11) is 0. The van der Waals surface area contributed by atoms with Crippen LogP contribution >= 0.6 is 0 Å². The normalized spacial score (nSPS) is 15.1. The van der Waals surface area contributed by atoms with Gasteiger partial charge in [-0.2, -0.15) is 0 Å². The summed E-state index contributed by atoms with van der Waals surface area (Å²) in [4.78, 5) is 11.2. The Morgan fingerprint density at radius 2 is 2.08 bits per heavy atom. The third kappa shape index (κ3) is 7.74. The van der Waals surface area contributed by atoms with E-state index in [0.29, 0.717) is 13.0 Å². The lowest BCUT2D eigenvalue weighted by atomic mass is 10.2. The summed E-state index contributed by atoms with van der Waals surface area (Å²) in [6, 6.07) is 0.194. The number of carbonyl (C=O) groups excluding carboxylic acids is 1. The molecule has 0 heterocycles. The number of aliphatic hydroxyl groups excluding tert-OH is 1. The molecule has 0 saturated heterocycles. The van der Waals surface area contributed by atoms with E-state index in [9.17, 15) is 4.79 Å². The Kier molecular flexibility index (Phi) is 6.54. The summed E-state index contributed by atoms with van der Waals surface area (Å²) in [5.41, 5.74) is 0. The first-order chi connectivity index (χ1) is 6.06. The van der Waals surface area contributed by atoms with Crippen LogP contribution in [0.1, 0.15) is 27.2 Å². The van der Waals surface area contributed by atoms with Crippen LogP contribution in [0.25, 0.3) is 0 Å². The first-order valence-electron chi connectivity index (χ1n) is 4.74. The highest BCUT2D eigenvalue weighted by molar-refractivity contribution is 5.76. The second kappa shape index (κ2) is 6.86. The Morgan fingerprint density at radius 3 is 2.54 bits per heavy atom. The predicted molar refractivity (Wildman–Crippen MR) is 52.4 cm³/mol. The van der Waals surface area contributed by atoms with Crippen molar-refractivity contribution in [3.63, 3.8) is 0 Å². The van der Waals surface area contributed by atoms with Gasteiger partial charge in [-0.25, -0.2) is 0 Å². The van der Waals surface area contributed by atoms with Crippen LogP contribution in [0.3, 0.4) is 0 Å². The number of hydrogen-bond acceptors (Lipinski definition) is 3. The molecule has 0 aromatic heterocycles. The molecular weight excluding hydrogens is 168 g/mol. The van der Waals surface area contributed by atoms with Gasteiger partial charge < -0.3 is 15.7 Å². The summed E-state index contributed by atoms with van der Waals surface area (Å²) in [6.07, 6.45) is -0.0148. The number of carbonyl (C=O) groups is 1. The Morgan fingerprint density at radius 1 is 1.46 bits per heavy atom. The van der Waals surface area contributed by atoms with E-state index in [0.717, 1.165) is 6.54 Å². The first-order valence-corrected chi connectivity index (χ1v) is 4.74. The molecule has 0 aliphatic rings. The summed E-state index contributed by atoms with van der Waals surface area (Å²) >= 11 is 0. The van der Waals surface area contributed by atoms with Crippen LogP contribution in [0.5, 0.6) is 0 Å². The molecule has 78 valence electrons. The second-order valence-electron chi connectivity index (χ2n) is 3.32. The molecule has 0 aliphatic carbocycles. The molecule has 3 N–H and O–H groups in total. The zero-order chi connectivity index (χ0) is 10.3. The molecule has 13 heavy (non-hydrogen) atoms. The summed E-state index contributed by atoms with van der Waals surface area (Å²) in [5, 5.41) is 14.7. The van der Waals surface area contributed by atoms with Crippen LogP contribution in [-0.2, 0) is 4.79 Å². The van der Waals surface area contributed by atoms with Crippen molar-refractivity contribution in [1.82, 2.24) is 10.6 Å². The number of nitrogens with one attached hydrogen (secondary N) is 2. The van der Waals surface area contributed by atoms with Crippen molar-refractivity contribution in [2.24, 2.45) is 0 Å². The molecule has 4 heteroatoms. The lowest BCUT2D eigenvalue weighted by Crippen LogP contribution is -2.36. The average molecular weight is 188 g/mol. The molecule has 0 spiro atoms. The molecule has 0 bridgehead atoms. The largest absolute Gasteiger partial charge is 0.392 e. The lowest BCUT2D eigenvalue weighted by molar-refractivity contribution is -0.121. The molecule has 1 amide bonds. The van der Waals surface area contributed by atoms with E-state index >= 15 is 0 Å². The van der Waals surface area contributed by atoms with E-state index in [1.165, 1.54) is 0 Å². The van der Waals surface area contributed by atoms with Crippen molar-refractivity contribution in [3.05, 3.63) is 0 Å². The van der Waals surface area contributed by atoms with E-state index < -0.39 is 6.10 Å². The van der Waals surface area contributed by atoms with Gasteiger partial charge in [0.1, 0.15) is 0 Å². The van der Waals surface area contributed by atoms with E-state index in [1.807, 2.05) is 13.8 Å². The highest BCUT2D eigenvalue weighted by atomic mass is 16.3.